The molecule has 2 heterocycles. The molecule has 1 N–H and O–H groups in total. The highest BCUT2D eigenvalue weighted by molar-refractivity contribution is 6.46. The zero-order valence-electron chi connectivity index (χ0n) is 15.2. The first-order valence-corrected chi connectivity index (χ1v) is 9.66. The van der Waals surface area contributed by atoms with E-state index >= 15 is 0 Å². The van der Waals surface area contributed by atoms with Crippen molar-refractivity contribution in [3.05, 3.63) is 76.7 Å². The van der Waals surface area contributed by atoms with E-state index in [-0.39, 0.29) is 23.8 Å². The lowest BCUT2D eigenvalue weighted by Gasteiger charge is -2.32. The van der Waals surface area contributed by atoms with E-state index in [1.54, 1.807) is 36.4 Å². The Bertz CT molecular complexity index is 943. The van der Waals surface area contributed by atoms with E-state index in [1.165, 1.54) is 11.2 Å². The van der Waals surface area contributed by atoms with Crippen LogP contribution in [0.3, 0.4) is 0 Å². The number of likely N-dealkylation sites (tertiary alicyclic amines) is 1. The van der Waals surface area contributed by atoms with Crippen molar-refractivity contribution in [2.75, 3.05) is 0 Å². The molecule has 0 radical (unpaired) electrons. The monoisotopic (exact) mass is 397 g/mol. The number of carbonyl (C=O) groups excluding carboxylic acids is 2. The molecule has 1 aliphatic carbocycles. The normalized spacial score (nSPS) is 24.1. The van der Waals surface area contributed by atoms with E-state index < -0.39 is 17.7 Å². The molecule has 0 bridgehead atoms. The zero-order valence-corrected chi connectivity index (χ0v) is 15.9. The third-order valence-corrected chi connectivity index (χ3v) is 5.62. The number of carbonyl (C=O) groups is 2. The van der Waals surface area contributed by atoms with Crippen molar-refractivity contribution in [2.45, 2.75) is 31.8 Å². The predicted octanol–water partition coefficient (Wildman–Crippen LogP) is 4.54. The molecular formula is C22H20ClNO4. The number of rotatable bonds is 4. The van der Waals surface area contributed by atoms with Crippen molar-refractivity contribution >= 4 is 29.1 Å². The fraction of sp³-hybridized carbons (Fsp3) is 0.273. The first-order valence-electron chi connectivity index (χ1n) is 9.28. The smallest absolute Gasteiger partial charge is 0.295 e. The molecule has 1 aromatic carbocycles. The van der Waals surface area contributed by atoms with Crippen LogP contribution in [0.5, 0.6) is 0 Å². The highest BCUT2D eigenvalue weighted by Gasteiger charge is 2.48. The molecule has 1 fully saturated rings. The molecule has 0 saturated carbocycles. The van der Waals surface area contributed by atoms with Gasteiger partial charge in [-0.05, 0) is 61.6 Å². The lowest BCUT2D eigenvalue weighted by Crippen LogP contribution is -2.39. The van der Waals surface area contributed by atoms with Crippen LogP contribution in [0, 0.1) is 5.92 Å². The maximum Gasteiger partial charge on any atom is 0.295 e. The van der Waals surface area contributed by atoms with Crippen LogP contribution in [0.15, 0.2) is 64.8 Å². The number of allylic oxidation sites excluding steroid dienone is 2. The van der Waals surface area contributed by atoms with Crippen molar-refractivity contribution < 1.29 is 19.1 Å². The van der Waals surface area contributed by atoms with Crippen molar-refractivity contribution in [1.29, 1.82) is 0 Å². The molecular weight excluding hydrogens is 378 g/mol. The summed E-state index contributed by atoms with van der Waals surface area (Å²) in [5, 5.41) is 11.5. The average Bonchev–Trinajstić information content (AvgIpc) is 3.31. The van der Waals surface area contributed by atoms with E-state index in [0.29, 0.717) is 16.3 Å². The number of nitrogens with zero attached hydrogens (tertiary/aromatic N) is 1. The van der Waals surface area contributed by atoms with E-state index in [1.807, 2.05) is 0 Å². The second kappa shape index (κ2) is 7.68. The Kier molecular flexibility index (Phi) is 5.09. The van der Waals surface area contributed by atoms with Gasteiger partial charge in [0.05, 0.1) is 24.4 Å². The summed E-state index contributed by atoms with van der Waals surface area (Å²) in [5.41, 5.74) is 0.635. The van der Waals surface area contributed by atoms with Crippen molar-refractivity contribution in [3.8, 4) is 0 Å². The van der Waals surface area contributed by atoms with Gasteiger partial charge in [-0.3, -0.25) is 9.59 Å². The summed E-state index contributed by atoms with van der Waals surface area (Å²) in [7, 11) is 0. The lowest BCUT2D eigenvalue weighted by atomic mass is 9.83. The molecule has 2 unspecified atom stereocenters. The minimum atomic E-state index is -0.654. The van der Waals surface area contributed by atoms with Gasteiger partial charge in [0.15, 0.2) is 0 Å². The van der Waals surface area contributed by atoms with Gasteiger partial charge in [0.25, 0.3) is 11.7 Å². The number of Topliss-reactive ketones (excluding diaryl/α,β-unsaturated/α-hetero) is 1. The molecule has 28 heavy (non-hydrogen) atoms. The number of aliphatic hydroxyl groups is 1. The fourth-order valence-electron chi connectivity index (χ4n) is 4.01. The summed E-state index contributed by atoms with van der Waals surface area (Å²) in [5.74, 6) is -0.758. The van der Waals surface area contributed by atoms with Crippen molar-refractivity contribution in [1.82, 2.24) is 4.90 Å². The van der Waals surface area contributed by atoms with Crippen molar-refractivity contribution in [3.63, 3.8) is 0 Å². The number of hydrogen-bond acceptors (Lipinski definition) is 4. The molecule has 2 aromatic rings. The van der Waals surface area contributed by atoms with Gasteiger partial charge in [0, 0.05) is 10.6 Å². The average molecular weight is 398 g/mol. The summed E-state index contributed by atoms with van der Waals surface area (Å²) in [4.78, 5) is 27.3. The Balaban J connectivity index is 1.79. The van der Waals surface area contributed by atoms with E-state index in [4.69, 9.17) is 16.0 Å². The third-order valence-electron chi connectivity index (χ3n) is 5.37. The number of ketones is 1. The molecule has 1 amide bonds. The highest BCUT2D eigenvalue weighted by Crippen LogP contribution is 2.38. The van der Waals surface area contributed by atoms with Gasteiger partial charge in [0.2, 0.25) is 0 Å². The molecule has 1 aliphatic heterocycles. The molecule has 2 atom stereocenters. The van der Waals surface area contributed by atoms with Crippen LogP contribution < -0.4 is 0 Å². The van der Waals surface area contributed by atoms with Crippen LogP contribution in [0.2, 0.25) is 5.02 Å². The maximum atomic E-state index is 12.9. The molecule has 1 saturated heterocycles. The number of amides is 1. The Morgan fingerprint density at radius 1 is 1.18 bits per heavy atom. The van der Waals surface area contributed by atoms with Gasteiger partial charge in [-0.15, -0.1) is 0 Å². The Morgan fingerprint density at radius 3 is 2.61 bits per heavy atom. The maximum absolute atomic E-state index is 12.9. The van der Waals surface area contributed by atoms with Crippen LogP contribution in [0.25, 0.3) is 5.76 Å². The SMILES string of the molecule is O=C1C(=O)N(Cc2ccco2)C(C2CC=CCC2)/C1=C(\O)c1ccc(Cl)cc1. The lowest BCUT2D eigenvalue weighted by molar-refractivity contribution is -0.140. The summed E-state index contributed by atoms with van der Waals surface area (Å²) >= 11 is 5.94. The molecule has 1 aromatic heterocycles. The Morgan fingerprint density at radius 2 is 1.96 bits per heavy atom. The topological polar surface area (TPSA) is 70.8 Å². The second-order valence-corrected chi connectivity index (χ2v) is 7.54. The van der Waals surface area contributed by atoms with Gasteiger partial charge in [0.1, 0.15) is 11.5 Å². The number of benzene rings is 1. The predicted molar refractivity (Wildman–Crippen MR) is 106 cm³/mol. The number of aliphatic hydroxyl groups excluding tert-OH is 1. The van der Waals surface area contributed by atoms with Crippen LogP contribution in [0.1, 0.15) is 30.6 Å². The molecule has 6 heteroatoms. The van der Waals surface area contributed by atoms with Crippen LogP contribution in [-0.4, -0.2) is 27.7 Å². The minimum absolute atomic E-state index is 0.0554. The number of furan rings is 1. The third kappa shape index (κ3) is 3.38. The highest BCUT2D eigenvalue weighted by atomic mass is 35.5. The molecule has 144 valence electrons. The standard InChI is InChI=1S/C22H20ClNO4/c23-16-10-8-15(9-11-16)20(25)18-19(14-5-2-1-3-6-14)24(22(27)21(18)26)13-17-7-4-12-28-17/h1-2,4,7-12,14,19,25H,3,5-6,13H2/b20-18+. The molecule has 2 aliphatic rings. The summed E-state index contributed by atoms with van der Waals surface area (Å²) < 4.78 is 5.40. The van der Waals surface area contributed by atoms with Crippen molar-refractivity contribution in [2.24, 2.45) is 5.92 Å². The van der Waals surface area contributed by atoms with Gasteiger partial charge < -0.3 is 14.4 Å². The Labute approximate surface area is 167 Å². The summed E-state index contributed by atoms with van der Waals surface area (Å²) in [6.45, 7) is 0.194. The fourth-order valence-corrected chi connectivity index (χ4v) is 4.13. The summed E-state index contributed by atoms with van der Waals surface area (Å²) in [6.07, 6.45) is 8.19. The quantitative estimate of drug-likeness (QED) is 0.356. The first kappa shape index (κ1) is 18.6. The second-order valence-electron chi connectivity index (χ2n) is 7.10. The van der Waals surface area contributed by atoms with E-state index in [2.05, 4.69) is 12.2 Å². The van der Waals surface area contributed by atoms with Gasteiger partial charge in [-0.25, -0.2) is 0 Å². The van der Waals surface area contributed by atoms with Gasteiger partial charge >= 0.3 is 0 Å². The Hall–Kier alpha value is -2.79. The van der Waals surface area contributed by atoms with Gasteiger partial charge in [-0.2, -0.15) is 0 Å². The van der Waals surface area contributed by atoms with Crippen LogP contribution >= 0.6 is 11.6 Å². The largest absolute Gasteiger partial charge is 0.507 e. The number of halogens is 1. The molecule has 0 spiro atoms. The molecule has 4 rings (SSSR count). The van der Waals surface area contributed by atoms with Crippen LogP contribution in [0.4, 0.5) is 0 Å². The summed E-state index contributed by atoms with van der Waals surface area (Å²) in [6, 6.07) is 9.62. The van der Waals surface area contributed by atoms with Crippen LogP contribution in [-0.2, 0) is 16.1 Å². The number of hydrogen-bond donors (Lipinski definition) is 1. The van der Waals surface area contributed by atoms with Gasteiger partial charge in [-0.1, -0.05) is 23.8 Å². The molecule has 5 nitrogen and oxygen atoms in total. The van der Waals surface area contributed by atoms with E-state index in [9.17, 15) is 14.7 Å². The zero-order chi connectivity index (χ0) is 19.7. The first-order chi connectivity index (χ1) is 13.6. The minimum Gasteiger partial charge on any atom is -0.507 e. The van der Waals surface area contributed by atoms with E-state index in [0.717, 1.165) is 19.3 Å².